The smallest absolute Gasteiger partial charge is 0.214 e. The van der Waals surface area contributed by atoms with Crippen LogP contribution in [0.15, 0.2) is 54.6 Å². The predicted molar refractivity (Wildman–Crippen MR) is 97.2 cm³/mol. The van der Waals surface area contributed by atoms with Crippen molar-refractivity contribution in [1.82, 2.24) is 4.31 Å². The molecule has 0 aromatic heterocycles. The first-order valence-corrected chi connectivity index (χ1v) is 9.97. The molecule has 0 amide bonds. The highest BCUT2D eigenvalue weighted by molar-refractivity contribution is 7.89. The highest BCUT2D eigenvalue weighted by Gasteiger charge is 2.29. The summed E-state index contributed by atoms with van der Waals surface area (Å²) in [5.41, 5.74) is 2.00. The zero-order valence-corrected chi connectivity index (χ0v) is 15.1. The quantitative estimate of drug-likeness (QED) is 0.794. The van der Waals surface area contributed by atoms with Crippen LogP contribution < -0.4 is 4.74 Å². The molecule has 0 radical (unpaired) electrons. The molecule has 0 N–H and O–H groups in total. The van der Waals surface area contributed by atoms with Crippen molar-refractivity contribution < 1.29 is 17.9 Å². The molecule has 134 valence electrons. The maximum atomic E-state index is 12.7. The lowest BCUT2D eigenvalue weighted by atomic mass is 10.1. The normalized spacial score (nSPS) is 18.8. The van der Waals surface area contributed by atoms with Crippen LogP contribution in [0.5, 0.6) is 5.75 Å². The number of hydrogen-bond acceptors (Lipinski definition) is 4. The summed E-state index contributed by atoms with van der Waals surface area (Å²) in [7, 11) is -1.70. The molecule has 0 spiro atoms. The van der Waals surface area contributed by atoms with E-state index in [1.807, 2.05) is 54.6 Å². The largest absolute Gasteiger partial charge is 0.497 e. The van der Waals surface area contributed by atoms with Gasteiger partial charge in [-0.05, 0) is 29.7 Å². The van der Waals surface area contributed by atoms with Crippen molar-refractivity contribution >= 4 is 10.0 Å². The van der Waals surface area contributed by atoms with Gasteiger partial charge in [-0.1, -0.05) is 42.5 Å². The van der Waals surface area contributed by atoms with Crippen LogP contribution in [-0.2, 0) is 21.2 Å². The molecular weight excluding hydrogens is 338 g/mol. The lowest BCUT2D eigenvalue weighted by molar-refractivity contribution is -0.00253. The van der Waals surface area contributed by atoms with E-state index in [2.05, 4.69) is 0 Å². The van der Waals surface area contributed by atoms with Gasteiger partial charge in [-0.25, -0.2) is 8.42 Å². The van der Waals surface area contributed by atoms with E-state index in [0.717, 1.165) is 16.9 Å². The molecule has 2 aromatic rings. The number of rotatable bonds is 6. The van der Waals surface area contributed by atoms with Gasteiger partial charge in [0.15, 0.2) is 0 Å². The summed E-state index contributed by atoms with van der Waals surface area (Å²) in [6, 6.07) is 17.3. The molecule has 3 rings (SSSR count). The Hall–Kier alpha value is -1.89. The Labute approximate surface area is 149 Å². The minimum Gasteiger partial charge on any atom is -0.497 e. The number of nitrogens with zero attached hydrogens (tertiary/aromatic N) is 1. The first-order chi connectivity index (χ1) is 12.1. The van der Waals surface area contributed by atoms with Crippen molar-refractivity contribution in [2.45, 2.75) is 12.5 Å². The van der Waals surface area contributed by atoms with Gasteiger partial charge in [0.05, 0.1) is 25.6 Å². The fourth-order valence-corrected chi connectivity index (χ4v) is 4.38. The van der Waals surface area contributed by atoms with Crippen LogP contribution in [0.25, 0.3) is 0 Å². The van der Waals surface area contributed by atoms with E-state index in [9.17, 15) is 8.42 Å². The maximum absolute atomic E-state index is 12.7. The van der Waals surface area contributed by atoms with E-state index < -0.39 is 10.0 Å². The molecule has 1 aliphatic heterocycles. The molecule has 1 aliphatic rings. The van der Waals surface area contributed by atoms with Crippen molar-refractivity contribution in [3.8, 4) is 5.75 Å². The molecule has 6 heteroatoms. The topological polar surface area (TPSA) is 55.8 Å². The number of sulfonamides is 1. The van der Waals surface area contributed by atoms with Gasteiger partial charge in [0.25, 0.3) is 0 Å². The third kappa shape index (κ3) is 4.60. The van der Waals surface area contributed by atoms with Gasteiger partial charge in [0.1, 0.15) is 5.75 Å². The number of morpholine rings is 1. The molecule has 1 saturated heterocycles. The Morgan fingerprint density at radius 2 is 1.84 bits per heavy atom. The fraction of sp³-hybridized carbons (Fsp3) is 0.368. The SMILES string of the molecule is COc1ccc(CCS(=O)(=O)N2CCOC(c3ccccc3)C2)cc1. The van der Waals surface area contributed by atoms with Crippen LogP contribution in [0.1, 0.15) is 17.2 Å². The minimum absolute atomic E-state index is 0.0981. The molecule has 1 unspecified atom stereocenters. The second-order valence-corrected chi connectivity index (χ2v) is 8.13. The average molecular weight is 361 g/mol. The van der Waals surface area contributed by atoms with E-state index in [1.54, 1.807) is 11.4 Å². The van der Waals surface area contributed by atoms with E-state index in [0.29, 0.717) is 26.1 Å². The van der Waals surface area contributed by atoms with Crippen molar-refractivity contribution in [1.29, 1.82) is 0 Å². The molecule has 25 heavy (non-hydrogen) atoms. The van der Waals surface area contributed by atoms with Crippen LogP contribution in [0.3, 0.4) is 0 Å². The standard InChI is InChI=1S/C19H23NO4S/c1-23-18-9-7-16(8-10-18)11-14-25(21,22)20-12-13-24-19(15-20)17-5-3-2-4-6-17/h2-10,19H,11-15H2,1H3. The van der Waals surface area contributed by atoms with E-state index in [1.165, 1.54) is 0 Å². The number of benzene rings is 2. The van der Waals surface area contributed by atoms with Gasteiger partial charge in [0.2, 0.25) is 10.0 Å². The van der Waals surface area contributed by atoms with Crippen LogP contribution >= 0.6 is 0 Å². The van der Waals surface area contributed by atoms with E-state index >= 15 is 0 Å². The first kappa shape index (κ1) is 17.9. The van der Waals surface area contributed by atoms with Crippen molar-refractivity contribution in [2.75, 3.05) is 32.6 Å². The molecular formula is C19H23NO4S. The lowest BCUT2D eigenvalue weighted by Gasteiger charge is -2.32. The van der Waals surface area contributed by atoms with Crippen LogP contribution in [-0.4, -0.2) is 45.3 Å². The zero-order valence-electron chi connectivity index (χ0n) is 14.3. The molecule has 1 fully saturated rings. The Kier molecular flexibility index (Phi) is 5.73. The molecule has 0 aliphatic carbocycles. The number of hydrogen-bond donors (Lipinski definition) is 0. The second kappa shape index (κ2) is 7.99. The van der Waals surface area contributed by atoms with Crippen LogP contribution in [0.2, 0.25) is 0 Å². The Morgan fingerprint density at radius 1 is 1.12 bits per heavy atom. The Bertz CT molecular complexity index is 775. The number of ether oxygens (including phenoxy) is 2. The van der Waals surface area contributed by atoms with Crippen molar-refractivity contribution in [3.05, 3.63) is 65.7 Å². The predicted octanol–water partition coefficient (Wildman–Crippen LogP) is 2.64. The molecule has 0 saturated carbocycles. The van der Waals surface area contributed by atoms with Gasteiger partial charge in [-0.2, -0.15) is 4.31 Å². The Balaban J connectivity index is 1.62. The number of aryl methyl sites for hydroxylation is 1. The second-order valence-electron chi connectivity index (χ2n) is 6.04. The average Bonchev–Trinajstić information content (AvgIpc) is 2.68. The van der Waals surface area contributed by atoms with Gasteiger partial charge in [0, 0.05) is 13.1 Å². The third-order valence-electron chi connectivity index (χ3n) is 4.40. The van der Waals surface area contributed by atoms with Gasteiger partial charge < -0.3 is 9.47 Å². The lowest BCUT2D eigenvalue weighted by Crippen LogP contribution is -2.43. The summed E-state index contributed by atoms with van der Waals surface area (Å²) in [6.45, 7) is 1.20. The number of methoxy groups -OCH3 is 1. The van der Waals surface area contributed by atoms with E-state index in [-0.39, 0.29) is 11.9 Å². The van der Waals surface area contributed by atoms with Crippen molar-refractivity contribution in [3.63, 3.8) is 0 Å². The summed E-state index contributed by atoms with van der Waals surface area (Å²) < 4.78 is 37.8. The van der Waals surface area contributed by atoms with Gasteiger partial charge in [-0.3, -0.25) is 0 Å². The maximum Gasteiger partial charge on any atom is 0.214 e. The molecule has 1 heterocycles. The molecule has 0 bridgehead atoms. The highest BCUT2D eigenvalue weighted by atomic mass is 32.2. The highest BCUT2D eigenvalue weighted by Crippen LogP contribution is 2.24. The summed E-state index contributed by atoms with van der Waals surface area (Å²) in [4.78, 5) is 0. The van der Waals surface area contributed by atoms with Crippen LogP contribution in [0.4, 0.5) is 0 Å². The summed E-state index contributed by atoms with van der Waals surface area (Å²) in [5.74, 6) is 0.867. The molecule has 2 aromatic carbocycles. The summed E-state index contributed by atoms with van der Waals surface area (Å²) in [5, 5.41) is 0. The first-order valence-electron chi connectivity index (χ1n) is 8.36. The third-order valence-corrected chi connectivity index (χ3v) is 6.24. The zero-order chi connectivity index (χ0) is 17.7. The molecule has 1 atom stereocenters. The summed E-state index contributed by atoms with van der Waals surface area (Å²) in [6.07, 6.45) is 0.283. The molecule has 5 nitrogen and oxygen atoms in total. The van der Waals surface area contributed by atoms with Gasteiger partial charge in [-0.15, -0.1) is 0 Å². The van der Waals surface area contributed by atoms with E-state index in [4.69, 9.17) is 9.47 Å². The monoisotopic (exact) mass is 361 g/mol. The van der Waals surface area contributed by atoms with Gasteiger partial charge >= 0.3 is 0 Å². The minimum atomic E-state index is -3.32. The van der Waals surface area contributed by atoms with Crippen LogP contribution in [0, 0.1) is 0 Å². The Morgan fingerprint density at radius 3 is 2.52 bits per heavy atom. The van der Waals surface area contributed by atoms with Crippen molar-refractivity contribution in [2.24, 2.45) is 0 Å². The fourth-order valence-electron chi connectivity index (χ4n) is 2.92. The summed E-state index contributed by atoms with van der Waals surface area (Å²) >= 11 is 0.